The fourth-order valence-corrected chi connectivity index (χ4v) is 2.78. The zero-order valence-corrected chi connectivity index (χ0v) is 16.5. The highest BCUT2D eigenvalue weighted by molar-refractivity contribution is 5.93. The number of amides is 1. The van der Waals surface area contributed by atoms with Gasteiger partial charge in [-0.3, -0.25) is 4.79 Å². The molecular weight excluding hydrogens is 397 g/mol. The first-order valence-corrected chi connectivity index (χ1v) is 9.43. The van der Waals surface area contributed by atoms with E-state index in [-0.39, 0.29) is 17.9 Å². The summed E-state index contributed by atoms with van der Waals surface area (Å²) in [7, 11) is 0. The molecule has 8 heteroatoms. The summed E-state index contributed by atoms with van der Waals surface area (Å²) in [6, 6.07) is 12.2. The number of carbonyl (C=O) groups is 1. The van der Waals surface area contributed by atoms with Crippen LogP contribution in [0, 0.1) is 6.92 Å². The molecule has 0 saturated heterocycles. The number of oxazole rings is 1. The lowest BCUT2D eigenvalue weighted by atomic mass is 10.1. The van der Waals surface area contributed by atoms with Crippen LogP contribution in [0.5, 0.6) is 5.75 Å². The van der Waals surface area contributed by atoms with Crippen LogP contribution in [-0.2, 0) is 17.4 Å². The molecule has 158 valence electrons. The monoisotopic (exact) mass is 418 g/mol. The maximum atomic E-state index is 13.1. The average molecular weight is 418 g/mol. The van der Waals surface area contributed by atoms with E-state index in [1.54, 1.807) is 6.92 Å². The van der Waals surface area contributed by atoms with E-state index >= 15 is 0 Å². The number of anilines is 1. The normalized spacial score (nSPS) is 11.4. The predicted molar refractivity (Wildman–Crippen MR) is 106 cm³/mol. The van der Waals surface area contributed by atoms with Crippen molar-refractivity contribution in [2.45, 2.75) is 32.9 Å². The third-order valence-corrected chi connectivity index (χ3v) is 4.28. The zero-order chi connectivity index (χ0) is 21.7. The van der Waals surface area contributed by atoms with Crippen LogP contribution in [0.15, 0.2) is 52.9 Å². The van der Waals surface area contributed by atoms with Gasteiger partial charge in [0.05, 0.1) is 30.0 Å². The molecular formula is C22H21F3N2O3. The Kier molecular flexibility index (Phi) is 6.44. The number of aromatic nitrogens is 1. The molecule has 1 amide bonds. The van der Waals surface area contributed by atoms with Crippen LogP contribution in [0.4, 0.5) is 18.9 Å². The second-order valence-corrected chi connectivity index (χ2v) is 6.67. The molecule has 0 atom stereocenters. The van der Waals surface area contributed by atoms with Crippen LogP contribution in [0.1, 0.15) is 30.4 Å². The summed E-state index contributed by atoms with van der Waals surface area (Å²) in [6.45, 7) is 3.87. The summed E-state index contributed by atoms with van der Waals surface area (Å²) in [4.78, 5) is 16.9. The molecule has 2 aromatic carbocycles. The Morgan fingerprint density at radius 3 is 2.57 bits per heavy atom. The molecule has 0 radical (unpaired) electrons. The zero-order valence-electron chi connectivity index (χ0n) is 16.5. The Morgan fingerprint density at radius 1 is 1.17 bits per heavy atom. The van der Waals surface area contributed by atoms with Gasteiger partial charge in [0.2, 0.25) is 11.8 Å². The molecule has 30 heavy (non-hydrogen) atoms. The molecule has 0 fully saturated rings. The molecule has 3 aromatic rings. The molecule has 0 spiro atoms. The SMILES string of the molecule is CCCOc1ccc(C(F)(F)F)cc1NC(=O)Cc1nc(-c2ccccc2)oc1C. The Morgan fingerprint density at radius 2 is 1.90 bits per heavy atom. The van der Waals surface area contributed by atoms with Crippen LogP contribution in [0.2, 0.25) is 0 Å². The van der Waals surface area contributed by atoms with Gasteiger partial charge < -0.3 is 14.5 Å². The van der Waals surface area contributed by atoms with Gasteiger partial charge in [0.1, 0.15) is 11.5 Å². The van der Waals surface area contributed by atoms with Crippen molar-refractivity contribution in [3.05, 3.63) is 65.5 Å². The lowest BCUT2D eigenvalue weighted by Crippen LogP contribution is -2.17. The van der Waals surface area contributed by atoms with Crippen LogP contribution < -0.4 is 10.1 Å². The van der Waals surface area contributed by atoms with Gasteiger partial charge in [-0.25, -0.2) is 4.98 Å². The van der Waals surface area contributed by atoms with Gasteiger partial charge in [-0.15, -0.1) is 0 Å². The van der Waals surface area contributed by atoms with E-state index in [9.17, 15) is 18.0 Å². The molecule has 5 nitrogen and oxygen atoms in total. The van der Waals surface area contributed by atoms with Crippen LogP contribution in [0.25, 0.3) is 11.5 Å². The van der Waals surface area contributed by atoms with Crippen LogP contribution in [0.3, 0.4) is 0 Å². The first-order chi connectivity index (χ1) is 14.3. The quantitative estimate of drug-likeness (QED) is 0.539. The van der Waals surface area contributed by atoms with E-state index < -0.39 is 17.6 Å². The van der Waals surface area contributed by atoms with E-state index in [1.807, 2.05) is 37.3 Å². The van der Waals surface area contributed by atoms with Gasteiger partial charge in [-0.2, -0.15) is 13.2 Å². The van der Waals surface area contributed by atoms with Crippen molar-refractivity contribution in [2.24, 2.45) is 0 Å². The smallest absolute Gasteiger partial charge is 0.416 e. The number of ether oxygens (including phenoxy) is 1. The lowest BCUT2D eigenvalue weighted by molar-refractivity contribution is -0.137. The largest absolute Gasteiger partial charge is 0.491 e. The number of benzene rings is 2. The fourth-order valence-electron chi connectivity index (χ4n) is 2.78. The highest BCUT2D eigenvalue weighted by Crippen LogP contribution is 2.35. The Labute approximate surface area is 171 Å². The Bertz CT molecular complexity index is 1010. The van der Waals surface area contributed by atoms with E-state index in [0.717, 1.165) is 17.7 Å². The number of carbonyl (C=O) groups excluding carboxylic acids is 1. The van der Waals surface area contributed by atoms with E-state index in [2.05, 4.69) is 10.3 Å². The first kappa shape index (κ1) is 21.4. The molecule has 1 N–H and O–H groups in total. The topological polar surface area (TPSA) is 64.4 Å². The number of aryl methyl sites for hydroxylation is 1. The summed E-state index contributed by atoms with van der Waals surface area (Å²) in [5, 5.41) is 2.51. The van der Waals surface area contributed by atoms with Gasteiger partial charge in [0.15, 0.2) is 0 Å². The predicted octanol–water partition coefficient (Wildman–Crippen LogP) is 5.64. The first-order valence-electron chi connectivity index (χ1n) is 9.43. The Balaban J connectivity index is 1.79. The summed E-state index contributed by atoms with van der Waals surface area (Å²) in [5.74, 6) is 0.504. The molecule has 0 saturated carbocycles. The number of halogens is 3. The molecule has 0 aliphatic heterocycles. The third kappa shape index (κ3) is 5.20. The second kappa shape index (κ2) is 9.02. The van der Waals surface area contributed by atoms with Crippen molar-refractivity contribution >= 4 is 11.6 Å². The minimum atomic E-state index is -4.53. The molecule has 0 bridgehead atoms. The van der Waals surface area contributed by atoms with Crippen molar-refractivity contribution in [2.75, 3.05) is 11.9 Å². The Hall–Kier alpha value is -3.29. The van der Waals surface area contributed by atoms with Crippen LogP contribution in [-0.4, -0.2) is 17.5 Å². The van der Waals surface area contributed by atoms with Crippen molar-refractivity contribution in [1.82, 2.24) is 4.98 Å². The van der Waals surface area contributed by atoms with Gasteiger partial charge >= 0.3 is 6.18 Å². The number of nitrogens with zero attached hydrogens (tertiary/aromatic N) is 1. The van der Waals surface area contributed by atoms with Gasteiger partial charge in [-0.05, 0) is 43.7 Å². The number of nitrogens with one attached hydrogen (secondary N) is 1. The highest BCUT2D eigenvalue weighted by atomic mass is 19.4. The van der Waals surface area contributed by atoms with E-state index in [4.69, 9.17) is 9.15 Å². The van der Waals surface area contributed by atoms with Crippen LogP contribution >= 0.6 is 0 Å². The summed E-state index contributed by atoms with van der Waals surface area (Å²) in [6.07, 6.45) is -4.00. The van der Waals surface area contributed by atoms with Gasteiger partial charge in [0.25, 0.3) is 0 Å². The van der Waals surface area contributed by atoms with E-state index in [1.165, 1.54) is 6.07 Å². The van der Waals surface area contributed by atoms with Crippen molar-refractivity contribution in [1.29, 1.82) is 0 Å². The summed E-state index contributed by atoms with van der Waals surface area (Å²) >= 11 is 0. The number of hydrogen-bond acceptors (Lipinski definition) is 4. The van der Waals surface area contributed by atoms with Crippen molar-refractivity contribution < 1.29 is 27.1 Å². The number of alkyl halides is 3. The number of rotatable bonds is 7. The summed E-state index contributed by atoms with van der Waals surface area (Å²) in [5.41, 5.74) is 0.271. The lowest BCUT2D eigenvalue weighted by Gasteiger charge is -2.15. The minimum absolute atomic E-state index is 0.0345. The molecule has 0 aliphatic carbocycles. The van der Waals surface area contributed by atoms with Gasteiger partial charge in [0, 0.05) is 5.56 Å². The van der Waals surface area contributed by atoms with Crippen molar-refractivity contribution in [3.8, 4) is 17.2 Å². The fraction of sp³-hybridized carbons (Fsp3) is 0.273. The molecule has 1 heterocycles. The second-order valence-electron chi connectivity index (χ2n) is 6.67. The third-order valence-electron chi connectivity index (χ3n) is 4.28. The summed E-state index contributed by atoms with van der Waals surface area (Å²) < 4.78 is 50.3. The molecule has 0 unspecified atom stereocenters. The molecule has 0 aliphatic rings. The van der Waals surface area contributed by atoms with Crippen molar-refractivity contribution in [3.63, 3.8) is 0 Å². The minimum Gasteiger partial charge on any atom is -0.491 e. The van der Waals surface area contributed by atoms with Gasteiger partial charge in [-0.1, -0.05) is 25.1 Å². The molecule has 3 rings (SSSR count). The highest BCUT2D eigenvalue weighted by Gasteiger charge is 2.31. The standard InChI is InChI=1S/C22H21F3N2O3/c1-3-11-29-19-10-9-16(22(23,24)25)12-18(19)26-20(28)13-17-14(2)30-21(27-17)15-7-5-4-6-8-15/h4-10,12H,3,11,13H2,1-2H3,(H,26,28). The molecule has 1 aromatic heterocycles. The maximum absolute atomic E-state index is 13.1. The average Bonchev–Trinajstić information content (AvgIpc) is 3.07. The number of hydrogen-bond donors (Lipinski definition) is 1. The van der Waals surface area contributed by atoms with E-state index in [0.29, 0.717) is 30.4 Å². The maximum Gasteiger partial charge on any atom is 0.416 e.